The predicted octanol–water partition coefficient (Wildman–Crippen LogP) is 5.45. The van der Waals surface area contributed by atoms with Gasteiger partial charge < -0.3 is 9.99 Å². The first-order valence-corrected chi connectivity index (χ1v) is 12.0. The maximum Gasteiger partial charge on any atom is 0.223 e. The SMILES string of the molecule is C=CC(C(C)C)N(Cc1ccc(-c2ccccc2C2=NNPN2)cc1)C(=O)CCCC. The lowest BCUT2D eigenvalue weighted by Crippen LogP contribution is -2.41. The number of hydrogen-bond acceptors (Lipinski definition) is 4. The molecule has 0 fully saturated rings. The molecule has 0 radical (unpaired) electrons. The highest BCUT2D eigenvalue weighted by Crippen LogP contribution is 2.27. The molecular formula is C25H33N4OP. The summed E-state index contributed by atoms with van der Waals surface area (Å²) >= 11 is 0. The Bertz CT molecular complexity index is 923. The summed E-state index contributed by atoms with van der Waals surface area (Å²) in [7, 11) is 0.406. The van der Waals surface area contributed by atoms with Gasteiger partial charge >= 0.3 is 0 Å². The third-order valence-electron chi connectivity index (χ3n) is 5.55. The molecule has 31 heavy (non-hydrogen) atoms. The van der Waals surface area contributed by atoms with Crippen LogP contribution in [0.2, 0.25) is 0 Å². The van der Waals surface area contributed by atoms with Crippen LogP contribution in [0.25, 0.3) is 11.1 Å². The zero-order valence-electron chi connectivity index (χ0n) is 18.7. The minimum absolute atomic E-state index is 0.0320. The number of amides is 1. The van der Waals surface area contributed by atoms with Gasteiger partial charge in [-0.25, -0.2) is 0 Å². The Balaban J connectivity index is 1.83. The summed E-state index contributed by atoms with van der Waals surface area (Å²) < 4.78 is 0. The van der Waals surface area contributed by atoms with Crippen molar-refractivity contribution >= 4 is 20.6 Å². The lowest BCUT2D eigenvalue weighted by atomic mass is 9.97. The van der Waals surface area contributed by atoms with Gasteiger partial charge in [0.1, 0.15) is 0 Å². The second-order valence-corrected chi connectivity index (χ2v) is 8.88. The first-order chi connectivity index (χ1) is 15.0. The van der Waals surface area contributed by atoms with Crippen LogP contribution in [0.5, 0.6) is 0 Å². The zero-order chi connectivity index (χ0) is 22.2. The molecule has 1 aliphatic heterocycles. The molecule has 2 N–H and O–H groups in total. The molecule has 3 rings (SSSR count). The van der Waals surface area contributed by atoms with E-state index in [-0.39, 0.29) is 11.9 Å². The van der Waals surface area contributed by atoms with Gasteiger partial charge in [-0.15, -0.1) is 6.58 Å². The number of rotatable bonds is 10. The van der Waals surface area contributed by atoms with Crippen molar-refractivity contribution in [3.8, 4) is 11.1 Å². The maximum absolute atomic E-state index is 12.9. The van der Waals surface area contributed by atoms with E-state index in [0.29, 0.717) is 27.8 Å². The van der Waals surface area contributed by atoms with Gasteiger partial charge in [0.15, 0.2) is 5.84 Å². The Morgan fingerprint density at radius 1 is 1.16 bits per heavy atom. The van der Waals surface area contributed by atoms with Gasteiger partial charge in [-0.05, 0) is 29.0 Å². The molecule has 2 unspecified atom stereocenters. The van der Waals surface area contributed by atoms with Gasteiger partial charge in [-0.2, -0.15) is 5.10 Å². The van der Waals surface area contributed by atoms with Gasteiger partial charge in [0.05, 0.1) is 14.9 Å². The average molecular weight is 437 g/mol. The fourth-order valence-corrected chi connectivity index (χ4v) is 4.38. The van der Waals surface area contributed by atoms with E-state index in [2.05, 4.69) is 79.1 Å². The highest BCUT2D eigenvalue weighted by Gasteiger charge is 2.24. The average Bonchev–Trinajstić information content (AvgIpc) is 3.32. The molecule has 0 aromatic heterocycles. The Morgan fingerprint density at radius 3 is 2.45 bits per heavy atom. The van der Waals surface area contributed by atoms with E-state index in [9.17, 15) is 4.79 Å². The predicted molar refractivity (Wildman–Crippen MR) is 132 cm³/mol. The second-order valence-electron chi connectivity index (χ2n) is 8.16. The number of carbonyl (C=O) groups excluding carboxylic acids is 1. The molecule has 0 spiro atoms. The second kappa shape index (κ2) is 11.1. The van der Waals surface area contributed by atoms with Crippen LogP contribution in [0.15, 0.2) is 66.3 Å². The molecule has 2 atom stereocenters. The van der Waals surface area contributed by atoms with E-state index in [1.165, 1.54) is 0 Å². The standard InChI is InChI=1S/C25H33N4OP/c1-5-7-12-24(30)29(23(6-2)18(3)4)17-19-13-15-20(16-14-19)21-10-8-9-11-22(21)25-26-28-31-27-25/h6,8-11,13-16,18,23,28,31H,2,5,7,12,17H2,1,3-4H3,(H,26,27). The lowest BCUT2D eigenvalue weighted by molar-refractivity contribution is -0.134. The smallest absolute Gasteiger partial charge is 0.223 e. The van der Waals surface area contributed by atoms with Crippen LogP contribution in [0.4, 0.5) is 0 Å². The molecule has 0 saturated carbocycles. The molecule has 164 valence electrons. The molecule has 0 saturated heterocycles. The summed E-state index contributed by atoms with van der Waals surface area (Å²) in [5, 5.41) is 10.6. The normalized spacial score (nSPS) is 14.6. The number of hydrogen-bond donors (Lipinski definition) is 2. The molecule has 0 aliphatic carbocycles. The molecule has 1 amide bonds. The summed E-state index contributed by atoms with van der Waals surface area (Å²) in [6, 6.07) is 16.8. The molecule has 1 heterocycles. The fourth-order valence-electron chi connectivity index (χ4n) is 3.85. The van der Waals surface area contributed by atoms with Crippen molar-refractivity contribution in [1.82, 2.24) is 15.2 Å². The van der Waals surface area contributed by atoms with Gasteiger partial charge in [0.25, 0.3) is 0 Å². The summed E-state index contributed by atoms with van der Waals surface area (Å²) in [5.74, 6) is 1.40. The van der Waals surface area contributed by atoms with Crippen LogP contribution in [0.1, 0.15) is 51.2 Å². The first-order valence-electron chi connectivity index (χ1n) is 11.0. The van der Waals surface area contributed by atoms with Crippen molar-refractivity contribution < 1.29 is 4.79 Å². The van der Waals surface area contributed by atoms with Gasteiger partial charge in [0.2, 0.25) is 5.91 Å². The number of nitrogens with zero attached hydrogens (tertiary/aromatic N) is 2. The van der Waals surface area contributed by atoms with Crippen molar-refractivity contribution in [2.24, 2.45) is 11.0 Å². The molecule has 0 bridgehead atoms. The Kier molecular flexibility index (Phi) is 8.25. The number of carbonyl (C=O) groups is 1. The molecule has 2 aromatic carbocycles. The largest absolute Gasteiger partial charge is 0.332 e. The van der Waals surface area contributed by atoms with Gasteiger partial charge in [-0.1, -0.05) is 81.8 Å². The number of amidine groups is 1. The zero-order valence-corrected chi connectivity index (χ0v) is 19.7. The molecular weight excluding hydrogens is 403 g/mol. The number of unbranched alkanes of at least 4 members (excludes halogenated alkanes) is 1. The van der Waals surface area contributed by atoms with E-state index >= 15 is 0 Å². The lowest BCUT2D eigenvalue weighted by Gasteiger charge is -2.33. The third-order valence-corrected chi connectivity index (χ3v) is 6.14. The van der Waals surface area contributed by atoms with E-state index in [1.54, 1.807) is 0 Å². The molecule has 5 nitrogen and oxygen atoms in total. The number of nitrogens with one attached hydrogen (secondary N) is 2. The summed E-state index contributed by atoms with van der Waals surface area (Å²) in [6.45, 7) is 11.0. The minimum atomic E-state index is 0.0320. The summed E-state index contributed by atoms with van der Waals surface area (Å²) in [4.78, 5) is 14.9. The van der Waals surface area contributed by atoms with Crippen molar-refractivity contribution in [2.75, 3.05) is 0 Å². The molecule has 6 heteroatoms. The highest BCUT2D eigenvalue weighted by atomic mass is 31.1. The number of benzene rings is 2. The van der Waals surface area contributed by atoms with E-state index < -0.39 is 0 Å². The van der Waals surface area contributed by atoms with Gasteiger partial charge in [0, 0.05) is 18.5 Å². The van der Waals surface area contributed by atoms with E-state index in [1.807, 2.05) is 23.1 Å². The summed E-state index contributed by atoms with van der Waals surface area (Å²) in [5.41, 5.74) is 4.47. The fraction of sp³-hybridized carbons (Fsp3) is 0.360. The monoisotopic (exact) mass is 436 g/mol. The number of hydrazone groups is 1. The van der Waals surface area contributed by atoms with Crippen molar-refractivity contribution in [2.45, 2.75) is 52.6 Å². The first kappa shape index (κ1) is 23.0. The van der Waals surface area contributed by atoms with Crippen LogP contribution >= 0.6 is 8.88 Å². The third kappa shape index (κ3) is 5.74. The quantitative estimate of drug-likeness (QED) is 0.385. The Hall–Kier alpha value is -2.65. The van der Waals surface area contributed by atoms with Gasteiger partial charge in [-0.3, -0.25) is 9.99 Å². The van der Waals surface area contributed by atoms with E-state index in [0.717, 1.165) is 40.9 Å². The van der Waals surface area contributed by atoms with Crippen molar-refractivity contribution in [3.63, 3.8) is 0 Å². The van der Waals surface area contributed by atoms with Crippen LogP contribution in [-0.2, 0) is 11.3 Å². The van der Waals surface area contributed by atoms with Crippen molar-refractivity contribution in [3.05, 3.63) is 72.3 Å². The molecule has 1 aliphatic rings. The van der Waals surface area contributed by atoms with Crippen LogP contribution < -0.4 is 10.3 Å². The van der Waals surface area contributed by atoms with E-state index in [4.69, 9.17) is 0 Å². The van der Waals surface area contributed by atoms with Crippen LogP contribution in [-0.4, -0.2) is 22.7 Å². The van der Waals surface area contributed by atoms with Crippen LogP contribution in [0, 0.1) is 5.92 Å². The van der Waals surface area contributed by atoms with Crippen LogP contribution in [0.3, 0.4) is 0 Å². The Labute approximate surface area is 187 Å². The molecule has 2 aromatic rings. The highest BCUT2D eigenvalue weighted by molar-refractivity contribution is 7.34. The summed E-state index contributed by atoms with van der Waals surface area (Å²) in [6.07, 6.45) is 4.43. The Morgan fingerprint density at radius 2 is 1.87 bits per heavy atom. The maximum atomic E-state index is 12.9. The topological polar surface area (TPSA) is 56.7 Å². The minimum Gasteiger partial charge on any atom is -0.332 e. The van der Waals surface area contributed by atoms with Crippen molar-refractivity contribution in [1.29, 1.82) is 0 Å².